The first kappa shape index (κ1) is 17.0. The van der Waals surface area contributed by atoms with E-state index in [1.54, 1.807) is 11.6 Å². The molecule has 3 rings (SSSR count). The minimum atomic E-state index is -0.485. The van der Waals surface area contributed by atoms with Crippen LogP contribution in [0.4, 0.5) is 0 Å². The predicted molar refractivity (Wildman–Crippen MR) is 93.9 cm³/mol. The van der Waals surface area contributed by atoms with Crippen molar-refractivity contribution in [3.8, 4) is 5.69 Å². The van der Waals surface area contributed by atoms with Gasteiger partial charge < -0.3 is 9.64 Å². The third kappa shape index (κ3) is 3.20. The molecular formula is C19H21N3O3. The van der Waals surface area contributed by atoms with Crippen LogP contribution in [-0.2, 0) is 11.2 Å². The summed E-state index contributed by atoms with van der Waals surface area (Å²) in [6.07, 6.45) is 3.00. The van der Waals surface area contributed by atoms with Gasteiger partial charge in [0.1, 0.15) is 5.69 Å². The highest BCUT2D eigenvalue weighted by molar-refractivity contribution is 6.11. The van der Waals surface area contributed by atoms with Gasteiger partial charge in [-0.25, -0.2) is 9.48 Å². The number of ether oxygens (including phenoxy) is 1. The number of benzene rings is 1. The fourth-order valence-corrected chi connectivity index (χ4v) is 3.00. The molecule has 25 heavy (non-hydrogen) atoms. The van der Waals surface area contributed by atoms with Crippen LogP contribution in [0, 0.1) is 0 Å². The summed E-state index contributed by atoms with van der Waals surface area (Å²) < 4.78 is 6.68. The minimum absolute atomic E-state index is 0.0955. The summed E-state index contributed by atoms with van der Waals surface area (Å²) in [4.78, 5) is 27.2. The Morgan fingerprint density at radius 3 is 2.64 bits per heavy atom. The maximum Gasteiger partial charge on any atom is 0.359 e. The van der Waals surface area contributed by atoms with Crippen LogP contribution in [0.15, 0.2) is 42.1 Å². The summed E-state index contributed by atoms with van der Waals surface area (Å²) in [5, 5.41) is 4.43. The lowest BCUT2D eigenvalue weighted by Crippen LogP contribution is -2.20. The summed E-state index contributed by atoms with van der Waals surface area (Å²) in [5.74, 6) is -0.580. The van der Waals surface area contributed by atoms with Gasteiger partial charge in [-0.15, -0.1) is 0 Å². The SMILES string of the molecule is CCOC(=O)c1nn(-c2ccccc2)c2c1CC/C(=C/N(C)C)C2=O. The quantitative estimate of drug-likeness (QED) is 0.633. The van der Waals surface area contributed by atoms with E-state index in [9.17, 15) is 9.59 Å². The van der Waals surface area contributed by atoms with E-state index in [2.05, 4.69) is 5.10 Å². The largest absolute Gasteiger partial charge is 0.461 e. The highest BCUT2D eigenvalue weighted by Gasteiger charge is 2.33. The smallest absolute Gasteiger partial charge is 0.359 e. The van der Waals surface area contributed by atoms with Gasteiger partial charge in [0.15, 0.2) is 5.69 Å². The highest BCUT2D eigenvalue weighted by atomic mass is 16.5. The first-order valence-electron chi connectivity index (χ1n) is 8.29. The van der Waals surface area contributed by atoms with Gasteiger partial charge in [-0.1, -0.05) is 18.2 Å². The fourth-order valence-electron chi connectivity index (χ4n) is 3.00. The van der Waals surface area contributed by atoms with Crippen molar-refractivity contribution < 1.29 is 14.3 Å². The van der Waals surface area contributed by atoms with Crippen LogP contribution in [0.1, 0.15) is 39.9 Å². The zero-order valence-corrected chi connectivity index (χ0v) is 14.7. The van der Waals surface area contributed by atoms with Gasteiger partial charge in [-0.3, -0.25) is 4.79 Å². The van der Waals surface area contributed by atoms with Crippen LogP contribution >= 0.6 is 0 Å². The lowest BCUT2D eigenvalue weighted by atomic mass is 9.90. The van der Waals surface area contributed by atoms with E-state index in [-0.39, 0.29) is 18.1 Å². The molecule has 0 spiro atoms. The molecule has 0 unspecified atom stereocenters. The van der Waals surface area contributed by atoms with Gasteiger partial charge >= 0.3 is 5.97 Å². The van der Waals surface area contributed by atoms with Crippen molar-refractivity contribution in [3.05, 3.63) is 59.1 Å². The lowest BCUT2D eigenvalue weighted by Gasteiger charge is -2.18. The molecule has 0 amide bonds. The monoisotopic (exact) mass is 339 g/mol. The summed E-state index contributed by atoms with van der Waals surface area (Å²) >= 11 is 0. The van der Waals surface area contributed by atoms with Crippen molar-refractivity contribution in [2.75, 3.05) is 20.7 Å². The Morgan fingerprint density at radius 2 is 2.00 bits per heavy atom. The zero-order chi connectivity index (χ0) is 18.0. The number of carbonyl (C=O) groups excluding carboxylic acids is 2. The Morgan fingerprint density at radius 1 is 1.28 bits per heavy atom. The van der Waals surface area contributed by atoms with Gasteiger partial charge in [-0.2, -0.15) is 5.10 Å². The van der Waals surface area contributed by atoms with Crippen molar-refractivity contribution in [3.63, 3.8) is 0 Å². The maximum atomic E-state index is 13.0. The third-order valence-corrected chi connectivity index (χ3v) is 4.02. The van der Waals surface area contributed by atoms with Crippen molar-refractivity contribution in [1.29, 1.82) is 0 Å². The van der Waals surface area contributed by atoms with Gasteiger partial charge in [-0.05, 0) is 31.9 Å². The van der Waals surface area contributed by atoms with Crippen LogP contribution in [0.25, 0.3) is 5.69 Å². The number of carbonyl (C=O) groups is 2. The molecule has 0 fully saturated rings. The molecule has 0 saturated heterocycles. The number of esters is 1. The lowest BCUT2D eigenvalue weighted by molar-refractivity contribution is 0.0517. The Bertz CT molecular complexity index is 835. The van der Waals surface area contributed by atoms with Gasteiger partial charge in [0.25, 0.3) is 0 Å². The molecule has 1 heterocycles. The highest BCUT2D eigenvalue weighted by Crippen LogP contribution is 2.30. The molecule has 130 valence electrons. The second-order valence-corrected chi connectivity index (χ2v) is 6.09. The molecule has 0 bridgehead atoms. The van der Waals surface area contributed by atoms with Crippen LogP contribution in [0.3, 0.4) is 0 Å². The number of aromatic nitrogens is 2. The normalized spacial score (nSPS) is 15.2. The van der Waals surface area contributed by atoms with Crippen molar-refractivity contribution in [1.82, 2.24) is 14.7 Å². The summed E-state index contributed by atoms with van der Waals surface area (Å²) in [7, 11) is 3.77. The zero-order valence-electron chi connectivity index (χ0n) is 14.7. The van der Waals surface area contributed by atoms with Gasteiger partial charge in [0.2, 0.25) is 5.78 Å². The number of nitrogens with zero attached hydrogens (tertiary/aromatic N) is 3. The second kappa shape index (κ2) is 6.93. The molecule has 1 aliphatic rings. The van der Waals surface area contributed by atoms with Crippen molar-refractivity contribution in [2.45, 2.75) is 19.8 Å². The Kier molecular flexibility index (Phi) is 4.70. The molecule has 6 nitrogen and oxygen atoms in total. The van der Waals surface area contributed by atoms with E-state index in [1.807, 2.05) is 55.5 Å². The van der Waals surface area contributed by atoms with E-state index in [1.165, 1.54) is 0 Å². The predicted octanol–water partition coefficient (Wildman–Crippen LogP) is 2.62. The number of rotatable bonds is 4. The average Bonchev–Trinajstić information content (AvgIpc) is 2.98. The van der Waals surface area contributed by atoms with Crippen molar-refractivity contribution in [2.24, 2.45) is 0 Å². The fraction of sp³-hybridized carbons (Fsp3) is 0.316. The maximum absolute atomic E-state index is 13.0. The third-order valence-electron chi connectivity index (χ3n) is 4.02. The molecule has 6 heteroatoms. The number of allylic oxidation sites excluding steroid dienone is 1. The number of ketones is 1. The Hall–Kier alpha value is -2.89. The molecule has 0 atom stereocenters. The number of Topliss-reactive ketones (excluding diaryl/α,β-unsaturated/α-hetero) is 1. The molecule has 0 saturated carbocycles. The standard InChI is InChI=1S/C19H21N3O3/c1-4-25-19(24)16-15-11-10-13(12-21(2)3)18(23)17(15)22(20-16)14-8-6-5-7-9-14/h5-9,12H,4,10-11H2,1-3H3/b13-12-. The van der Waals surface area contributed by atoms with Crippen LogP contribution in [0.2, 0.25) is 0 Å². The Balaban J connectivity index is 2.17. The van der Waals surface area contributed by atoms with E-state index in [0.29, 0.717) is 29.7 Å². The molecule has 2 aromatic rings. The molecule has 1 aliphatic carbocycles. The van der Waals surface area contributed by atoms with E-state index < -0.39 is 5.97 Å². The topological polar surface area (TPSA) is 64.4 Å². The van der Waals surface area contributed by atoms with Crippen LogP contribution in [-0.4, -0.2) is 47.1 Å². The summed E-state index contributed by atoms with van der Waals surface area (Å²) in [6.45, 7) is 2.02. The van der Waals surface area contributed by atoms with Crippen LogP contribution in [0.5, 0.6) is 0 Å². The molecule has 0 aliphatic heterocycles. The molecule has 1 aromatic carbocycles. The molecule has 0 radical (unpaired) electrons. The minimum Gasteiger partial charge on any atom is -0.461 e. The molecule has 0 N–H and O–H groups in total. The van der Waals surface area contributed by atoms with E-state index >= 15 is 0 Å². The Labute approximate surface area is 146 Å². The van der Waals surface area contributed by atoms with Gasteiger partial charge in [0, 0.05) is 31.4 Å². The first-order valence-corrected chi connectivity index (χ1v) is 8.29. The molecular weight excluding hydrogens is 318 g/mol. The summed E-state index contributed by atoms with van der Waals surface area (Å²) in [6, 6.07) is 9.36. The van der Waals surface area contributed by atoms with E-state index in [4.69, 9.17) is 4.74 Å². The number of hydrogen-bond acceptors (Lipinski definition) is 5. The second-order valence-electron chi connectivity index (χ2n) is 6.09. The summed E-state index contributed by atoms with van der Waals surface area (Å²) in [5.41, 5.74) is 2.81. The molecule has 1 aromatic heterocycles. The van der Waals surface area contributed by atoms with E-state index in [0.717, 1.165) is 5.69 Å². The van der Waals surface area contributed by atoms with Gasteiger partial charge in [0.05, 0.1) is 12.3 Å². The van der Waals surface area contributed by atoms with Crippen LogP contribution < -0.4 is 0 Å². The van der Waals surface area contributed by atoms with Crippen molar-refractivity contribution >= 4 is 11.8 Å². The number of para-hydroxylation sites is 1. The number of hydrogen-bond donors (Lipinski definition) is 0. The average molecular weight is 339 g/mol. The number of fused-ring (bicyclic) bond motifs is 1. The first-order chi connectivity index (χ1) is 12.0.